The molecule has 0 fully saturated rings. The molecule has 6 heteroatoms. The zero-order chi connectivity index (χ0) is 15.7. The van der Waals surface area contributed by atoms with Crippen molar-refractivity contribution in [2.24, 2.45) is 0 Å². The van der Waals surface area contributed by atoms with Gasteiger partial charge in [0.1, 0.15) is 0 Å². The van der Waals surface area contributed by atoms with Crippen molar-refractivity contribution >= 4 is 15.8 Å². The van der Waals surface area contributed by atoms with Crippen LogP contribution in [0.4, 0.5) is 5.82 Å². The van der Waals surface area contributed by atoms with Crippen LogP contribution in [0.25, 0.3) is 0 Å². The summed E-state index contributed by atoms with van der Waals surface area (Å²) in [6.07, 6.45) is 0.877. The minimum atomic E-state index is -3.60. The molecule has 0 aliphatic carbocycles. The number of hydrogen-bond acceptors (Lipinski definition) is 3. The Kier molecular flexibility index (Phi) is 4.09. The number of nitrogens with one attached hydrogen (secondary N) is 2. The lowest BCUT2D eigenvalue weighted by atomic mass is 9.92. The number of aryl methyl sites for hydroxylation is 1. The molecule has 5 nitrogen and oxygen atoms in total. The van der Waals surface area contributed by atoms with Gasteiger partial charge >= 0.3 is 0 Å². The fourth-order valence-corrected chi connectivity index (χ4v) is 2.85. The molecular weight excluding hydrogens is 286 g/mol. The molecule has 21 heavy (non-hydrogen) atoms. The van der Waals surface area contributed by atoms with Gasteiger partial charge in [0.05, 0.1) is 4.90 Å². The van der Waals surface area contributed by atoms with Gasteiger partial charge in [0.2, 0.25) is 0 Å². The normalized spacial score (nSPS) is 12.4. The van der Waals surface area contributed by atoms with E-state index in [0.717, 1.165) is 17.7 Å². The van der Waals surface area contributed by atoms with Crippen LogP contribution in [0.2, 0.25) is 0 Å². The number of sulfonamides is 1. The van der Waals surface area contributed by atoms with Crippen LogP contribution < -0.4 is 4.72 Å². The Morgan fingerprint density at radius 1 is 1.19 bits per heavy atom. The average molecular weight is 307 g/mol. The highest BCUT2D eigenvalue weighted by molar-refractivity contribution is 7.92. The molecule has 0 aliphatic rings. The van der Waals surface area contributed by atoms with Crippen molar-refractivity contribution in [2.45, 2.75) is 44.4 Å². The molecule has 2 aromatic rings. The van der Waals surface area contributed by atoms with Gasteiger partial charge in [0.15, 0.2) is 5.82 Å². The molecule has 0 saturated carbocycles. The van der Waals surface area contributed by atoms with Gasteiger partial charge in [-0.3, -0.25) is 9.82 Å². The van der Waals surface area contributed by atoms with Crippen LogP contribution in [0, 0.1) is 0 Å². The van der Waals surface area contributed by atoms with Crippen LogP contribution in [0.1, 0.15) is 39.0 Å². The van der Waals surface area contributed by atoms with Crippen molar-refractivity contribution in [2.75, 3.05) is 4.72 Å². The van der Waals surface area contributed by atoms with E-state index in [9.17, 15) is 8.42 Å². The van der Waals surface area contributed by atoms with Gasteiger partial charge in [-0.2, -0.15) is 5.10 Å². The van der Waals surface area contributed by atoms with Crippen LogP contribution in [0.15, 0.2) is 35.2 Å². The first kappa shape index (κ1) is 15.6. The number of benzene rings is 1. The van der Waals surface area contributed by atoms with Crippen molar-refractivity contribution < 1.29 is 8.42 Å². The molecule has 1 aromatic carbocycles. The summed E-state index contributed by atoms with van der Waals surface area (Å²) in [5.74, 6) is 0.305. The van der Waals surface area contributed by atoms with Crippen molar-refractivity contribution in [3.63, 3.8) is 0 Å². The van der Waals surface area contributed by atoms with E-state index in [1.165, 1.54) is 0 Å². The molecule has 0 aliphatic heterocycles. The van der Waals surface area contributed by atoms with Crippen molar-refractivity contribution in [1.29, 1.82) is 0 Å². The lowest BCUT2D eigenvalue weighted by Crippen LogP contribution is -2.13. The Morgan fingerprint density at radius 3 is 2.29 bits per heavy atom. The number of hydrogen-bond donors (Lipinski definition) is 2. The summed E-state index contributed by atoms with van der Waals surface area (Å²) in [7, 11) is -3.60. The van der Waals surface area contributed by atoms with Gasteiger partial charge in [-0.1, -0.05) is 39.8 Å². The summed E-state index contributed by atoms with van der Waals surface area (Å²) in [5.41, 5.74) is 1.87. The maximum absolute atomic E-state index is 12.3. The molecule has 114 valence electrons. The smallest absolute Gasteiger partial charge is 0.263 e. The Bertz CT molecular complexity index is 710. The molecule has 0 spiro atoms. The molecule has 2 N–H and O–H groups in total. The number of H-pyrrole nitrogens is 1. The van der Waals surface area contributed by atoms with E-state index in [-0.39, 0.29) is 10.3 Å². The number of aromatic nitrogens is 2. The second-order valence-electron chi connectivity index (χ2n) is 6.02. The van der Waals surface area contributed by atoms with E-state index in [4.69, 9.17) is 0 Å². The second kappa shape index (κ2) is 5.52. The van der Waals surface area contributed by atoms with Crippen molar-refractivity contribution in [3.8, 4) is 0 Å². The lowest BCUT2D eigenvalue weighted by Gasteiger charge is -2.14. The summed E-state index contributed by atoms with van der Waals surface area (Å²) in [5, 5.41) is 6.87. The molecule has 1 heterocycles. The number of nitrogens with zero attached hydrogens (tertiary/aromatic N) is 1. The minimum absolute atomic E-state index is 0.112. The average Bonchev–Trinajstić information content (AvgIpc) is 2.86. The Balaban J connectivity index is 2.22. The summed E-state index contributed by atoms with van der Waals surface area (Å²) >= 11 is 0. The first-order chi connectivity index (χ1) is 9.72. The number of aromatic amines is 1. The molecule has 0 saturated heterocycles. The number of rotatable bonds is 4. The topological polar surface area (TPSA) is 74.8 Å². The van der Waals surface area contributed by atoms with Crippen LogP contribution in [-0.4, -0.2) is 18.6 Å². The summed E-state index contributed by atoms with van der Waals surface area (Å²) in [6.45, 7) is 8.12. The minimum Gasteiger partial charge on any atom is -0.280 e. The van der Waals surface area contributed by atoms with Crippen LogP contribution >= 0.6 is 0 Å². The quantitative estimate of drug-likeness (QED) is 0.911. The summed E-state index contributed by atoms with van der Waals surface area (Å²) < 4.78 is 27.1. The van der Waals surface area contributed by atoms with E-state index in [0.29, 0.717) is 5.82 Å². The van der Waals surface area contributed by atoms with Gasteiger partial charge in [0, 0.05) is 17.2 Å². The molecule has 0 radical (unpaired) electrons. The Hall–Kier alpha value is -1.82. The predicted octanol–water partition coefficient (Wildman–Crippen LogP) is 3.07. The first-order valence-electron chi connectivity index (χ1n) is 6.90. The highest BCUT2D eigenvalue weighted by atomic mass is 32.2. The molecule has 0 amide bonds. The number of anilines is 1. The molecular formula is C15H21N3O2S. The third kappa shape index (κ3) is 3.64. The highest BCUT2D eigenvalue weighted by Gasteiger charge is 2.20. The maximum Gasteiger partial charge on any atom is 0.263 e. The zero-order valence-electron chi connectivity index (χ0n) is 12.8. The van der Waals surface area contributed by atoms with Gasteiger partial charge in [-0.15, -0.1) is 0 Å². The fourth-order valence-electron chi connectivity index (χ4n) is 1.86. The monoisotopic (exact) mass is 307 g/mol. The molecule has 0 atom stereocenters. The molecule has 1 aromatic heterocycles. The Labute approximate surface area is 125 Å². The first-order valence-corrected chi connectivity index (χ1v) is 8.38. The van der Waals surface area contributed by atoms with Gasteiger partial charge in [-0.25, -0.2) is 8.42 Å². The fraction of sp³-hybridized carbons (Fsp3) is 0.400. The highest BCUT2D eigenvalue weighted by Crippen LogP contribution is 2.23. The predicted molar refractivity (Wildman–Crippen MR) is 83.9 cm³/mol. The van der Waals surface area contributed by atoms with Crippen LogP contribution in [0.3, 0.4) is 0 Å². The third-order valence-corrected chi connectivity index (χ3v) is 4.64. The Morgan fingerprint density at radius 2 is 1.81 bits per heavy atom. The zero-order valence-corrected chi connectivity index (χ0v) is 13.6. The van der Waals surface area contributed by atoms with Gasteiger partial charge < -0.3 is 0 Å². The van der Waals surface area contributed by atoms with Crippen LogP contribution in [0.5, 0.6) is 0 Å². The standard InChI is InChI=1S/C15H21N3O2S/c1-5-11-6-8-12(9-7-11)21(19,20)18-14-10-13(16-17-14)15(2,3)4/h6-10H,5H2,1-4H3,(H2,16,17,18). The summed E-state index contributed by atoms with van der Waals surface area (Å²) in [4.78, 5) is 0.236. The van der Waals surface area contributed by atoms with E-state index < -0.39 is 10.0 Å². The molecule has 2 rings (SSSR count). The third-order valence-electron chi connectivity index (χ3n) is 3.27. The SMILES string of the molecule is CCc1ccc(S(=O)(=O)Nc2cc(C(C)(C)C)[nH]n2)cc1. The van der Waals surface area contributed by atoms with E-state index >= 15 is 0 Å². The van der Waals surface area contributed by atoms with E-state index in [1.807, 2.05) is 39.8 Å². The lowest BCUT2D eigenvalue weighted by molar-refractivity contribution is 0.567. The van der Waals surface area contributed by atoms with Gasteiger partial charge in [-0.05, 0) is 24.1 Å². The van der Waals surface area contributed by atoms with E-state index in [1.54, 1.807) is 18.2 Å². The molecule has 0 unspecified atom stereocenters. The van der Waals surface area contributed by atoms with Gasteiger partial charge in [0.25, 0.3) is 10.0 Å². The van der Waals surface area contributed by atoms with E-state index in [2.05, 4.69) is 14.9 Å². The van der Waals surface area contributed by atoms with Crippen molar-refractivity contribution in [1.82, 2.24) is 10.2 Å². The van der Waals surface area contributed by atoms with Crippen molar-refractivity contribution in [3.05, 3.63) is 41.6 Å². The second-order valence-corrected chi connectivity index (χ2v) is 7.70. The molecule has 0 bridgehead atoms. The summed E-state index contributed by atoms with van der Waals surface area (Å²) in [6, 6.07) is 8.58. The largest absolute Gasteiger partial charge is 0.280 e. The maximum atomic E-state index is 12.3. The van der Waals surface area contributed by atoms with Crippen LogP contribution in [-0.2, 0) is 21.9 Å².